The minimum atomic E-state index is -2.08. The standard InChI is InChI=1S/C19H23N7O/c1-24-3-5-26(6-4-24)13-19(27)23-18-8-14-7-17(16-11-22-25(2)12-16)20-9-15(14)10-21-18/h7-12H,3-6,13H2,1-2H3,(H,21,23,27)/i1D3. The lowest BCUT2D eigenvalue weighted by atomic mass is 10.1. The van der Waals surface area contributed by atoms with E-state index in [9.17, 15) is 4.79 Å². The van der Waals surface area contributed by atoms with Crippen LogP contribution < -0.4 is 5.32 Å². The molecule has 1 aliphatic heterocycles. The number of likely N-dealkylation sites (N-methyl/N-ethyl adjacent to an activating group) is 1. The van der Waals surface area contributed by atoms with Gasteiger partial charge in [-0.05, 0) is 24.5 Å². The van der Waals surface area contributed by atoms with E-state index in [0.717, 1.165) is 22.0 Å². The van der Waals surface area contributed by atoms with Gasteiger partial charge in [0.05, 0.1) is 18.4 Å². The van der Waals surface area contributed by atoms with E-state index >= 15 is 0 Å². The monoisotopic (exact) mass is 368 g/mol. The normalized spacial score (nSPS) is 18.0. The number of anilines is 1. The van der Waals surface area contributed by atoms with E-state index in [4.69, 9.17) is 4.11 Å². The Bertz CT molecular complexity index is 1060. The summed E-state index contributed by atoms with van der Waals surface area (Å²) in [5, 5.41) is 8.80. The smallest absolute Gasteiger partial charge is 0.239 e. The van der Waals surface area contributed by atoms with Crippen LogP contribution in [0.25, 0.3) is 22.0 Å². The van der Waals surface area contributed by atoms with Crippen molar-refractivity contribution in [3.05, 3.63) is 36.9 Å². The maximum absolute atomic E-state index is 12.4. The van der Waals surface area contributed by atoms with Crippen molar-refractivity contribution in [3.8, 4) is 11.3 Å². The highest BCUT2D eigenvalue weighted by atomic mass is 16.2. The zero-order valence-corrected chi connectivity index (χ0v) is 15.1. The highest BCUT2D eigenvalue weighted by molar-refractivity contribution is 5.94. The topological polar surface area (TPSA) is 79.2 Å². The number of carbonyl (C=O) groups excluding carboxylic acids is 1. The predicted octanol–water partition coefficient (Wildman–Crippen LogP) is 1.22. The quantitative estimate of drug-likeness (QED) is 0.746. The van der Waals surface area contributed by atoms with Crippen LogP contribution in [-0.2, 0) is 11.8 Å². The highest BCUT2D eigenvalue weighted by Gasteiger charge is 2.17. The van der Waals surface area contributed by atoms with Gasteiger partial charge in [-0.1, -0.05) is 0 Å². The molecule has 1 amide bonds. The Balaban J connectivity index is 1.40. The molecule has 0 saturated carbocycles. The van der Waals surface area contributed by atoms with E-state index in [1.807, 2.05) is 30.3 Å². The van der Waals surface area contributed by atoms with Gasteiger partial charge in [0.2, 0.25) is 5.91 Å². The number of amides is 1. The third-order valence-electron chi connectivity index (χ3n) is 4.61. The van der Waals surface area contributed by atoms with Crippen molar-refractivity contribution in [1.82, 2.24) is 29.5 Å². The summed E-state index contributed by atoms with van der Waals surface area (Å²) in [6, 6.07) is 3.76. The van der Waals surface area contributed by atoms with Gasteiger partial charge in [0.1, 0.15) is 5.82 Å². The second-order valence-electron chi connectivity index (χ2n) is 6.70. The molecule has 1 fully saturated rings. The molecule has 3 aromatic rings. The highest BCUT2D eigenvalue weighted by Crippen LogP contribution is 2.22. The minimum Gasteiger partial charge on any atom is -0.310 e. The molecule has 0 aromatic carbocycles. The van der Waals surface area contributed by atoms with Crippen LogP contribution in [0.4, 0.5) is 5.82 Å². The molecule has 27 heavy (non-hydrogen) atoms. The van der Waals surface area contributed by atoms with Gasteiger partial charge < -0.3 is 10.2 Å². The summed E-state index contributed by atoms with van der Waals surface area (Å²) in [6.45, 7) is 0.0389. The Kier molecular flexibility index (Phi) is 3.91. The molecule has 0 unspecified atom stereocenters. The molecule has 1 saturated heterocycles. The lowest BCUT2D eigenvalue weighted by Crippen LogP contribution is -2.47. The number of aryl methyl sites for hydroxylation is 1. The minimum absolute atomic E-state index is 0.175. The van der Waals surface area contributed by atoms with E-state index < -0.39 is 6.98 Å². The number of rotatable bonds is 4. The molecular weight excluding hydrogens is 342 g/mol. The first-order chi connectivity index (χ1) is 14.3. The van der Waals surface area contributed by atoms with Crippen molar-refractivity contribution in [2.75, 3.05) is 45.0 Å². The number of aromatic nitrogens is 4. The zero-order chi connectivity index (χ0) is 21.3. The van der Waals surface area contributed by atoms with Crippen LogP contribution in [0, 0.1) is 0 Å². The maximum atomic E-state index is 12.4. The van der Waals surface area contributed by atoms with E-state index in [-0.39, 0.29) is 12.5 Å². The van der Waals surface area contributed by atoms with Gasteiger partial charge in [-0.3, -0.25) is 19.4 Å². The molecule has 1 aliphatic rings. The number of pyridine rings is 2. The average Bonchev–Trinajstić information content (AvgIpc) is 3.13. The molecule has 0 aliphatic carbocycles. The molecule has 4 heterocycles. The second-order valence-corrected chi connectivity index (χ2v) is 6.70. The van der Waals surface area contributed by atoms with E-state index in [1.165, 1.54) is 4.90 Å². The fraction of sp³-hybridized carbons (Fsp3) is 0.368. The zero-order valence-electron chi connectivity index (χ0n) is 18.1. The Morgan fingerprint density at radius 1 is 1.15 bits per heavy atom. The average molecular weight is 368 g/mol. The Hall–Kier alpha value is -2.84. The fourth-order valence-corrected chi connectivity index (χ4v) is 3.11. The summed E-state index contributed by atoms with van der Waals surface area (Å²) in [5.74, 6) is 0.294. The van der Waals surface area contributed by atoms with E-state index in [1.54, 1.807) is 23.3 Å². The molecule has 3 aromatic heterocycles. The van der Waals surface area contributed by atoms with Crippen LogP contribution in [-0.4, -0.2) is 75.2 Å². The van der Waals surface area contributed by atoms with Crippen molar-refractivity contribution in [2.45, 2.75) is 0 Å². The van der Waals surface area contributed by atoms with Crippen LogP contribution in [0.3, 0.4) is 0 Å². The Morgan fingerprint density at radius 3 is 2.70 bits per heavy atom. The number of carbonyl (C=O) groups is 1. The van der Waals surface area contributed by atoms with Crippen molar-refractivity contribution >= 4 is 22.5 Å². The number of fused-ring (bicyclic) bond motifs is 1. The van der Waals surface area contributed by atoms with Crippen molar-refractivity contribution in [3.63, 3.8) is 0 Å². The second kappa shape index (κ2) is 7.42. The molecule has 8 nitrogen and oxygen atoms in total. The third kappa shape index (κ3) is 4.12. The van der Waals surface area contributed by atoms with Gasteiger partial charge in [0.15, 0.2) is 0 Å². The van der Waals surface area contributed by atoms with Crippen molar-refractivity contribution < 1.29 is 8.91 Å². The first kappa shape index (κ1) is 14.2. The van der Waals surface area contributed by atoms with Crippen LogP contribution in [0.1, 0.15) is 4.11 Å². The molecule has 0 radical (unpaired) electrons. The SMILES string of the molecule is [2H]C([2H])([2H])N1CCN(CC(=O)Nc2cc3cc(-c4cnn(C)c4)ncc3cn2)CC1. The van der Waals surface area contributed by atoms with E-state index in [0.29, 0.717) is 32.0 Å². The molecule has 1 N–H and O–H groups in total. The molecule has 0 spiro atoms. The predicted molar refractivity (Wildman–Crippen MR) is 104 cm³/mol. The number of hydrogen-bond acceptors (Lipinski definition) is 6. The van der Waals surface area contributed by atoms with E-state index in [2.05, 4.69) is 20.4 Å². The summed E-state index contributed by atoms with van der Waals surface area (Å²) in [4.78, 5) is 24.6. The molecular formula is C19H23N7O. The number of piperazine rings is 1. The van der Waals surface area contributed by atoms with Crippen LogP contribution in [0.2, 0.25) is 0 Å². The first-order valence-corrected chi connectivity index (χ1v) is 8.80. The Labute approximate surface area is 162 Å². The number of nitrogens with zero attached hydrogens (tertiary/aromatic N) is 6. The van der Waals surface area contributed by atoms with Gasteiger partial charge >= 0.3 is 0 Å². The summed E-state index contributed by atoms with van der Waals surface area (Å²) in [6.07, 6.45) is 7.08. The molecule has 4 rings (SSSR count). The summed E-state index contributed by atoms with van der Waals surface area (Å²) in [5.41, 5.74) is 1.71. The number of hydrogen-bond donors (Lipinski definition) is 1. The maximum Gasteiger partial charge on any atom is 0.239 e. The first-order valence-electron chi connectivity index (χ1n) is 10.3. The molecule has 140 valence electrons. The van der Waals surface area contributed by atoms with Crippen molar-refractivity contribution in [2.24, 2.45) is 7.05 Å². The van der Waals surface area contributed by atoms with Gasteiger partial charge in [-0.25, -0.2) is 4.98 Å². The molecule has 0 bridgehead atoms. The van der Waals surface area contributed by atoms with Gasteiger partial charge in [-0.2, -0.15) is 5.10 Å². The van der Waals surface area contributed by atoms with Crippen LogP contribution in [0.5, 0.6) is 0 Å². The van der Waals surface area contributed by atoms with Gasteiger partial charge in [0.25, 0.3) is 0 Å². The summed E-state index contributed by atoms with van der Waals surface area (Å²) < 4.78 is 24.1. The lowest BCUT2D eigenvalue weighted by molar-refractivity contribution is -0.117. The summed E-state index contributed by atoms with van der Waals surface area (Å²) >= 11 is 0. The fourth-order valence-electron chi connectivity index (χ4n) is 3.11. The summed E-state index contributed by atoms with van der Waals surface area (Å²) in [7, 11) is 1.85. The largest absolute Gasteiger partial charge is 0.310 e. The molecule has 0 atom stereocenters. The Morgan fingerprint density at radius 2 is 1.96 bits per heavy atom. The molecule has 8 heteroatoms. The number of nitrogens with one attached hydrogen (secondary N) is 1. The van der Waals surface area contributed by atoms with Gasteiger partial charge in [0, 0.05) is 66.9 Å². The van der Waals surface area contributed by atoms with Gasteiger partial charge in [-0.15, -0.1) is 0 Å². The van der Waals surface area contributed by atoms with Crippen molar-refractivity contribution in [1.29, 1.82) is 0 Å². The third-order valence-corrected chi connectivity index (χ3v) is 4.61. The van der Waals surface area contributed by atoms with Crippen LogP contribution in [0.15, 0.2) is 36.9 Å². The van der Waals surface area contributed by atoms with Crippen LogP contribution >= 0.6 is 0 Å². The lowest BCUT2D eigenvalue weighted by Gasteiger charge is -2.31.